The molecule has 0 N–H and O–H groups in total. The maximum atomic E-state index is 10.4. The van der Waals surface area contributed by atoms with Crippen LogP contribution in [0, 0.1) is 0 Å². The highest BCUT2D eigenvalue weighted by Gasteiger charge is 1.98. The molecule has 0 aromatic rings. The summed E-state index contributed by atoms with van der Waals surface area (Å²) in [6, 6.07) is 0. The van der Waals surface area contributed by atoms with Crippen molar-refractivity contribution in [2.24, 2.45) is 4.36 Å². The molecule has 0 aromatic carbocycles. The molecule has 0 radical (unpaired) electrons. The summed E-state index contributed by atoms with van der Waals surface area (Å²) in [6.07, 6.45) is 1.67. The minimum absolute atomic E-state index is 0.230. The third-order valence-electron chi connectivity index (χ3n) is 1.12. The number of unbranched alkanes of at least 4 members (excludes halogenated alkanes) is 2. The van der Waals surface area contributed by atoms with Crippen molar-refractivity contribution in [2.45, 2.75) is 26.2 Å². The van der Waals surface area contributed by atoms with Gasteiger partial charge in [0, 0.05) is 0 Å². The number of hydrogen-bond acceptors (Lipinski definition) is 4. The summed E-state index contributed by atoms with van der Waals surface area (Å²) >= 11 is 0. The number of hydrogen-bond donors (Lipinski definition) is 0. The second-order valence-electron chi connectivity index (χ2n) is 2.13. The summed E-state index contributed by atoms with van der Waals surface area (Å²) in [7, 11) is -2.70. The van der Waals surface area contributed by atoms with Crippen LogP contribution in [0.25, 0.3) is 0 Å². The summed E-state index contributed by atoms with van der Waals surface area (Å²) in [5.74, 6) is 0. The Bertz CT molecular complexity index is 249. The van der Waals surface area contributed by atoms with Gasteiger partial charge in [0.2, 0.25) is 0 Å². The van der Waals surface area contributed by atoms with Crippen LogP contribution in [0.3, 0.4) is 0 Å². The summed E-state index contributed by atoms with van der Waals surface area (Å²) in [4.78, 5) is 10.4. The molecule has 0 saturated carbocycles. The Balaban J connectivity index is 3.52. The van der Waals surface area contributed by atoms with Crippen molar-refractivity contribution < 1.29 is 17.9 Å². The molecule has 5 nitrogen and oxygen atoms in total. The predicted molar refractivity (Wildman–Crippen MR) is 42.2 cm³/mol. The van der Waals surface area contributed by atoms with Gasteiger partial charge in [-0.15, -0.1) is 0 Å². The monoisotopic (exact) mass is 193 g/mol. The summed E-state index contributed by atoms with van der Waals surface area (Å²) in [5, 5.41) is 0. The zero-order valence-corrected chi connectivity index (χ0v) is 7.63. The van der Waals surface area contributed by atoms with E-state index in [4.69, 9.17) is 0 Å². The summed E-state index contributed by atoms with van der Waals surface area (Å²) in [6.45, 7) is 2.24. The Morgan fingerprint density at radius 1 is 1.42 bits per heavy atom. The van der Waals surface area contributed by atoms with Gasteiger partial charge in [0.15, 0.2) is 0 Å². The molecule has 0 rings (SSSR count). The van der Waals surface area contributed by atoms with Gasteiger partial charge in [0.05, 0.1) is 6.61 Å². The lowest BCUT2D eigenvalue weighted by Gasteiger charge is -1.97. The quantitative estimate of drug-likeness (QED) is 0.632. The fourth-order valence-corrected chi connectivity index (χ4v) is 0.773. The number of ether oxygens (including phenoxy) is 1. The van der Waals surface area contributed by atoms with Crippen molar-refractivity contribution in [1.82, 2.24) is 0 Å². The largest absolute Gasteiger partial charge is 0.448 e. The molecule has 70 valence electrons. The van der Waals surface area contributed by atoms with E-state index in [9.17, 15) is 13.2 Å². The highest BCUT2D eigenvalue weighted by molar-refractivity contribution is 7.62. The average Bonchev–Trinajstić information content (AvgIpc) is 1.97. The number of carbonyl (C=O) groups excluding carboxylic acids is 1. The van der Waals surface area contributed by atoms with E-state index < -0.39 is 16.6 Å². The van der Waals surface area contributed by atoms with Crippen LogP contribution >= 0.6 is 0 Å². The van der Waals surface area contributed by atoms with Crippen molar-refractivity contribution in [1.29, 1.82) is 0 Å². The van der Waals surface area contributed by atoms with E-state index in [1.54, 1.807) is 0 Å². The first-order valence-corrected chi connectivity index (χ1v) is 4.68. The lowest BCUT2D eigenvalue weighted by molar-refractivity contribution is 0.155. The lowest BCUT2D eigenvalue weighted by Crippen LogP contribution is -1.99. The van der Waals surface area contributed by atoms with Crippen molar-refractivity contribution in [3.63, 3.8) is 0 Å². The van der Waals surface area contributed by atoms with E-state index in [0.29, 0.717) is 0 Å². The van der Waals surface area contributed by atoms with Crippen LogP contribution < -0.4 is 0 Å². The highest BCUT2D eigenvalue weighted by atomic mass is 32.2. The molecule has 0 spiro atoms. The van der Waals surface area contributed by atoms with Crippen molar-refractivity contribution in [3.05, 3.63) is 0 Å². The second-order valence-corrected chi connectivity index (χ2v) is 2.75. The minimum Gasteiger partial charge on any atom is -0.447 e. The molecular formula is C6H11NO4S. The molecule has 0 atom stereocenters. The summed E-state index contributed by atoms with van der Waals surface area (Å²) < 4.78 is 26.7. The SMILES string of the molecule is CCCCCOC(=O)N=S(=O)=O. The first kappa shape index (κ1) is 11.1. The molecule has 0 fully saturated rings. The Morgan fingerprint density at radius 2 is 2.08 bits per heavy atom. The molecule has 6 heteroatoms. The van der Waals surface area contributed by atoms with Crippen LogP contribution in [-0.2, 0) is 15.2 Å². The van der Waals surface area contributed by atoms with Crippen molar-refractivity contribution in [2.75, 3.05) is 6.61 Å². The van der Waals surface area contributed by atoms with Gasteiger partial charge >= 0.3 is 16.6 Å². The van der Waals surface area contributed by atoms with Crippen molar-refractivity contribution in [3.8, 4) is 0 Å². The number of nitrogens with zero attached hydrogens (tertiary/aromatic N) is 1. The van der Waals surface area contributed by atoms with Crippen LogP contribution in [0.5, 0.6) is 0 Å². The van der Waals surface area contributed by atoms with Gasteiger partial charge in [-0.25, -0.2) is 4.79 Å². The zero-order valence-electron chi connectivity index (χ0n) is 6.82. The average molecular weight is 193 g/mol. The Kier molecular flexibility index (Phi) is 6.26. The van der Waals surface area contributed by atoms with E-state index in [1.165, 1.54) is 0 Å². The fraction of sp³-hybridized carbons (Fsp3) is 0.833. The van der Waals surface area contributed by atoms with E-state index in [0.717, 1.165) is 19.3 Å². The molecule has 0 aliphatic rings. The zero-order chi connectivity index (χ0) is 9.40. The smallest absolute Gasteiger partial charge is 0.447 e. The molecule has 0 bridgehead atoms. The number of rotatable bonds is 4. The Morgan fingerprint density at radius 3 is 2.58 bits per heavy atom. The first-order chi connectivity index (χ1) is 5.66. The Hall–Kier alpha value is -0.910. The number of carbonyl (C=O) groups is 1. The normalized spacial score (nSPS) is 9.08. The van der Waals surface area contributed by atoms with Gasteiger partial charge in [-0.1, -0.05) is 24.1 Å². The third kappa shape index (κ3) is 7.20. The van der Waals surface area contributed by atoms with Gasteiger partial charge in [-0.3, -0.25) is 0 Å². The van der Waals surface area contributed by atoms with Gasteiger partial charge in [0.25, 0.3) is 0 Å². The lowest BCUT2D eigenvalue weighted by atomic mass is 10.3. The molecular weight excluding hydrogens is 182 g/mol. The highest BCUT2D eigenvalue weighted by Crippen LogP contribution is 1.95. The van der Waals surface area contributed by atoms with Crippen LogP contribution in [0.15, 0.2) is 4.36 Å². The minimum atomic E-state index is -2.70. The molecule has 0 heterocycles. The molecule has 1 amide bonds. The van der Waals surface area contributed by atoms with E-state index >= 15 is 0 Å². The van der Waals surface area contributed by atoms with Crippen LogP contribution in [-0.4, -0.2) is 21.1 Å². The molecule has 0 aromatic heterocycles. The standard InChI is InChI=1S/C6H11NO4S/c1-2-3-4-5-11-6(8)7-12(9)10/h2-5H2,1H3. The summed E-state index contributed by atoms with van der Waals surface area (Å²) in [5.41, 5.74) is 0. The topological polar surface area (TPSA) is 72.8 Å². The van der Waals surface area contributed by atoms with Crippen LogP contribution in [0.2, 0.25) is 0 Å². The molecule has 0 saturated heterocycles. The van der Waals surface area contributed by atoms with Crippen LogP contribution in [0.1, 0.15) is 26.2 Å². The maximum Gasteiger partial charge on any atom is 0.448 e. The maximum absolute atomic E-state index is 10.4. The van der Waals surface area contributed by atoms with E-state index in [-0.39, 0.29) is 6.61 Å². The second kappa shape index (κ2) is 6.78. The first-order valence-electron chi connectivity index (χ1n) is 3.64. The molecule has 0 aliphatic heterocycles. The molecule has 12 heavy (non-hydrogen) atoms. The number of amides is 1. The third-order valence-corrected chi connectivity index (χ3v) is 1.42. The van der Waals surface area contributed by atoms with Gasteiger partial charge in [-0.05, 0) is 6.42 Å². The Labute approximate surface area is 72.4 Å². The fourth-order valence-electron chi connectivity index (χ4n) is 0.599. The van der Waals surface area contributed by atoms with E-state index in [2.05, 4.69) is 9.10 Å². The molecule has 0 unspecified atom stereocenters. The van der Waals surface area contributed by atoms with Gasteiger partial charge in [-0.2, -0.15) is 8.42 Å². The molecule has 0 aliphatic carbocycles. The van der Waals surface area contributed by atoms with E-state index in [1.807, 2.05) is 6.92 Å². The van der Waals surface area contributed by atoms with Gasteiger partial charge in [0.1, 0.15) is 0 Å². The van der Waals surface area contributed by atoms with Crippen molar-refractivity contribution >= 4 is 16.6 Å². The van der Waals surface area contributed by atoms with Gasteiger partial charge < -0.3 is 4.74 Å². The predicted octanol–water partition coefficient (Wildman–Crippen LogP) is 1.38. The van der Waals surface area contributed by atoms with Crippen LogP contribution in [0.4, 0.5) is 4.79 Å².